The van der Waals surface area contributed by atoms with Crippen molar-refractivity contribution in [2.75, 3.05) is 13.7 Å². The van der Waals surface area contributed by atoms with Crippen molar-refractivity contribution in [3.8, 4) is 11.5 Å². The fourth-order valence-electron chi connectivity index (χ4n) is 4.85. The summed E-state index contributed by atoms with van der Waals surface area (Å²) in [4.78, 5) is 54.0. The number of benzene rings is 3. The van der Waals surface area contributed by atoms with E-state index < -0.39 is 27.4 Å². The summed E-state index contributed by atoms with van der Waals surface area (Å²) < 4.78 is 17.9. The highest BCUT2D eigenvalue weighted by molar-refractivity contribution is 7.07. The second kappa shape index (κ2) is 12.9. The molecule has 0 spiro atoms. The number of carbonyl (C=O) groups is 1. The average Bonchev–Trinajstić information content (AvgIpc) is 3.35. The van der Waals surface area contributed by atoms with E-state index in [1.165, 1.54) is 48.1 Å². The van der Waals surface area contributed by atoms with Crippen LogP contribution in [0, 0.1) is 20.2 Å². The van der Waals surface area contributed by atoms with Gasteiger partial charge in [0, 0.05) is 17.8 Å². The van der Waals surface area contributed by atoms with Crippen LogP contribution < -0.4 is 24.4 Å². The van der Waals surface area contributed by atoms with Crippen molar-refractivity contribution in [2.24, 2.45) is 4.99 Å². The molecule has 14 heteroatoms. The highest BCUT2D eigenvalue weighted by Gasteiger charge is 2.32. The van der Waals surface area contributed by atoms with Crippen LogP contribution in [0.1, 0.15) is 36.6 Å². The first-order chi connectivity index (χ1) is 21.6. The fraction of sp³-hybridized carbons (Fsp3) is 0.194. The third kappa shape index (κ3) is 6.21. The Morgan fingerprint density at radius 2 is 1.80 bits per heavy atom. The Morgan fingerprint density at radius 1 is 1.04 bits per heavy atom. The zero-order valence-electron chi connectivity index (χ0n) is 24.3. The number of allylic oxidation sites excluding steroid dienone is 1. The maximum absolute atomic E-state index is 13.7. The summed E-state index contributed by atoms with van der Waals surface area (Å²) in [7, 11) is 1.40. The van der Waals surface area contributed by atoms with Gasteiger partial charge in [-0.3, -0.25) is 29.6 Å². The highest BCUT2D eigenvalue weighted by atomic mass is 32.1. The van der Waals surface area contributed by atoms with Crippen molar-refractivity contribution in [3.63, 3.8) is 0 Å². The first-order valence-corrected chi connectivity index (χ1v) is 14.4. The summed E-state index contributed by atoms with van der Waals surface area (Å²) in [6, 6.07) is 16.6. The van der Waals surface area contributed by atoms with Gasteiger partial charge in [-0.1, -0.05) is 53.8 Å². The number of methoxy groups -OCH3 is 1. The number of fused-ring (bicyclic) bond motifs is 1. The van der Waals surface area contributed by atoms with Gasteiger partial charge in [-0.05, 0) is 37.1 Å². The number of nitro benzene ring substituents is 2. The van der Waals surface area contributed by atoms with Crippen LogP contribution in [-0.4, -0.2) is 34.1 Å². The molecule has 0 unspecified atom stereocenters. The van der Waals surface area contributed by atoms with E-state index in [9.17, 15) is 29.8 Å². The first-order valence-electron chi connectivity index (χ1n) is 13.6. The molecule has 0 fully saturated rings. The van der Waals surface area contributed by atoms with Gasteiger partial charge in [-0.15, -0.1) is 0 Å². The average molecular weight is 631 g/mol. The van der Waals surface area contributed by atoms with Crippen molar-refractivity contribution < 1.29 is 28.9 Å². The number of nitro groups is 2. The smallest absolute Gasteiger partial charge is 0.338 e. The molecule has 3 aromatic carbocycles. The lowest BCUT2D eigenvalue weighted by atomic mass is 9.96. The largest absolute Gasteiger partial charge is 0.493 e. The molecule has 2 heterocycles. The molecule has 1 aromatic heterocycles. The molecule has 230 valence electrons. The highest BCUT2D eigenvalue weighted by Crippen LogP contribution is 2.36. The normalized spacial score (nSPS) is 14.4. The zero-order valence-corrected chi connectivity index (χ0v) is 25.1. The van der Waals surface area contributed by atoms with Gasteiger partial charge >= 0.3 is 5.97 Å². The summed E-state index contributed by atoms with van der Waals surface area (Å²) in [5, 5.41) is 23.5. The Kier molecular flexibility index (Phi) is 8.86. The van der Waals surface area contributed by atoms with Crippen LogP contribution in [0.2, 0.25) is 0 Å². The summed E-state index contributed by atoms with van der Waals surface area (Å²) in [5.41, 5.74) is 0.501. The second-order valence-corrected chi connectivity index (χ2v) is 10.7. The van der Waals surface area contributed by atoms with Crippen LogP contribution in [-0.2, 0) is 16.1 Å². The molecular formula is C31H26N4O9S. The number of hydrogen-bond acceptors (Lipinski definition) is 11. The molecule has 13 nitrogen and oxygen atoms in total. The van der Waals surface area contributed by atoms with Gasteiger partial charge in [0.15, 0.2) is 16.3 Å². The zero-order chi connectivity index (χ0) is 32.2. The number of aromatic nitrogens is 1. The number of esters is 1. The number of rotatable bonds is 10. The molecule has 1 aliphatic heterocycles. The van der Waals surface area contributed by atoms with Gasteiger partial charge in [-0.25, -0.2) is 9.79 Å². The fourth-order valence-corrected chi connectivity index (χ4v) is 5.88. The quantitative estimate of drug-likeness (QED) is 0.141. The van der Waals surface area contributed by atoms with Crippen molar-refractivity contribution in [3.05, 3.63) is 129 Å². The van der Waals surface area contributed by atoms with Gasteiger partial charge in [0.2, 0.25) is 0 Å². The van der Waals surface area contributed by atoms with Crippen LogP contribution in [0.5, 0.6) is 11.5 Å². The van der Waals surface area contributed by atoms with Crippen molar-refractivity contribution >= 4 is 40.5 Å². The predicted octanol–water partition coefficient (Wildman–Crippen LogP) is 4.31. The predicted molar refractivity (Wildman–Crippen MR) is 165 cm³/mol. The van der Waals surface area contributed by atoms with Crippen molar-refractivity contribution in [2.45, 2.75) is 26.5 Å². The third-order valence-electron chi connectivity index (χ3n) is 6.97. The number of ether oxygens (including phenoxy) is 3. The molecule has 45 heavy (non-hydrogen) atoms. The molecule has 5 rings (SSSR count). The first kappa shape index (κ1) is 30.8. The maximum Gasteiger partial charge on any atom is 0.338 e. The van der Waals surface area contributed by atoms with Crippen LogP contribution in [0.25, 0.3) is 11.8 Å². The van der Waals surface area contributed by atoms with Crippen molar-refractivity contribution in [1.29, 1.82) is 0 Å². The van der Waals surface area contributed by atoms with E-state index >= 15 is 0 Å². The Bertz CT molecular complexity index is 2030. The summed E-state index contributed by atoms with van der Waals surface area (Å²) in [6.07, 6.45) is 1.36. The van der Waals surface area contributed by atoms with E-state index in [1.807, 2.05) is 30.3 Å². The number of carbonyl (C=O) groups excluding carboxylic acids is 1. The SMILES string of the molecule is CCOC(=O)C1=C(C)n2c(s/c(=C\c3cc(OC)c(OCc4ccccc4)cc3[N+](=O)[O-])c2=O)=N[C@@H]1c1cccc([N+](=O)[O-])c1. The van der Waals surface area contributed by atoms with Crippen LogP contribution in [0.4, 0.5) is 11.4 Å². The van der Waals surface area contributed by atoms with Gasteiger partial charge < -0.3 is 14.2 Å². The van der Waals surface area contributed by atoms with E-state index in [4.69, 9.17) is 14.2 Å². The standard InChI is InChI=1S/C31H26N4O9S/c1-4-43-30(37)27-18(2)33-29(36)26(45-31(33)32-28(27)20-11-8-12-22(13-20)34(38)39)15-21-14-24(42-3)25(16-23(21)35(40)41)44-17-19-9-6-5-7-10-19/h5-16,28H,4,17H2,1-3H3/b26-15-/t28-/m1/s1. The lowest BCUT2D eigenvalue weighted by Crippen LogP contribution is -2.35. The molecule has 0 amide bonds. The number of nitrogens with zero attached hydrogens (tertiary/aromatic N) is 4. The molecule has 0 saturated carbocycles. The van der Waals surface area contributed by atoms with Crippen molar-refractivity contribution in [1.82, 2.24) is 4.57 Å². The Hall–Kier alpha value is -5.63. The summed E-state index contributed by atoms with van der Waals surface area (Å²) >= 11 is 0.956. The number of thiazole rings is 1. The van der Waals surface area contributed by atoms with E-state index in [0.717, 1.165) is 16.9 Å². The molecule has 0 radical (unpaired) electrons. The van der Waals surface area contributed by atoms with Gasteiger partial charge in [0.25, 0.3) is 16.9 Å². The number of hydrogen-bond donors (Lipinski definition) is 0. The van der Waals surface area contributed by atoms with E-state index in [1.54, 1.807) is 19.9 Å². The van der Waals surface area contributed by atoms with Gasteiger partial charge in [0.05, 0.1) is 45.3 Å². The molecule has 0 saturated heterocycles. The Labute approximate surface area is 259 Å². The lowest BCUT2D eigenvalue weighted by Gasteiger charge is -2.22. The summed E-state index contributed by atoms with van der Waals surface area (Å²) in [5.74, 6) is -0.351. The van der Waals surface area contributed by atoms with E-state index in [-0.39, 0.29) is 62.3 Å². The molecule has 0 aliphatic carbocycles. The topological polar surface area (TPSA) is 165 Å². The third-order valence-corrected chi connectivity index (χ3v) is 7.95. The molecule has 4 aromatic rings. The number of non-ortho nitro benzene ring substituents is 1. The van der Waals surface area contributed by atoms with Crippen LogP contribution in [0.15, 0.2) is 82.1 Å². The second-order valence-electron chi connectivity index (χ2n) is 9.73. The minimum Gasteiger partial charge on any atom is -0.493 e. The maximum atomic E-state index is 13.7. The van der Waals surface area contributed by atoms with Crippen LogP contribution >= 0.6 is 11.3 Å². The Balaban J connectivity index is 1.65. The molecular weight excluding hydrogens is 604 g/mol. The molecule has 1 aliphatic rings. The molecule has 0 N–H and O–H groups in total. The molecule has 1 atom stereocenters. The van der Waals surface area contributed by atoms with Gasteiger partial charge in [0.1, 0.15) is 12.6 Å². The van der Waals surface area contributed by atoms with Crippen LogP contribution in [0.3, 0.4) is 0 Å². The lowest BCUT2D eigenvalue weighted by molar-refractivity contribution is -0.385. The van der Waals surface area contributed by atoms with E-state index in [2.05, 4.69) is 4.99 Å². The van der Waals surface area contributed by atoms with Gasteiger partial charge in [-0.2, -0.15) is 0 Å². The molecule has 0 bridgehead atoms. The Morgan fingerprint density at radius 3 is 2.47 bits per heavy atom. The minimum absolute atomic E-state index is 0.0452. The van der Waals surface area contributed by atoms with E-state index in [0.29, 0.717) is 5.56 Å². The monoisotopic (exact) mass is 630 g/mol. The summed E-state index contributed by atoms with van der Waals surface area (Å²) in [6.45, 7) is 3.39. The minimum atomic E-state index is -0.995.